The minimum absolute atomic E-state index is 0.00263. The zero-order chi connectivity index (χ0) is 18.6. The minimum atomic E-state index is -0.449. The molecule has 3 heterocycles. The molecule has 0 radical (unpaired) electrons. The van der Waals surface area contributed by atoms with Gasteiger partial charge >= 0.3 is 0 Å². The maximum atomic E-state index is 12.8. The number of carbonyl (C=O) groups is 2. The molecule has 1 aromatic carbocycles. The highest BCUT2D eigenvalue weighted by Crippen LogP contribution is 2.15. The fourth-order valence-electron chi connectivity index (χ4n) is 3.54. The Hall–Kier alpha value is -3.15. The van der Waals surface area contributed by atoms with Crippen LogP contribution in [0.25, 0.3) is 5.65 Å². The van der Waals surface area contributed by atoms with Gasteiger partial charge < -0.3 is 14.6 Å². The lowest BCUT2D eigenvalue weighted by molar-refractivity contribution is -0.143. The number of carbonyl (C=O) groups excluding carboxylic acids is 2. The molecular weight excluding hydrogens is 340 g/mol. The summed E-state index contributed by atoms with van der Waals surface area (Å²) in [5.41, 5.74) is 2.81. The van der Waals surface area contributed by atoms with Gasteiger partial charge in [-0.15, -0.1) is 0 Å². The van der Waals surface area contributed by atoms with E-state index in [4.69, 9.17) is 0 Å². The molecule has 0 saturated carbocycles. The molecule has 1 N–H and O–H groups in total. The monoisotopic (exact) mass is 362 g/mol. The van der Waals surface area contributed by atoms with E-state index in [0.717, 1.165) is 16.9 Å². The number of amides is 2. The zero-order valence-corrected chi connectivity index (χ0v) is 15.0. The lowest BCUT2D eigenvalue weighted by Crippen LogP contribution is -2.58. The Labute approximate surface area is 157 Å². The number of aryl methyl sites for hydroxylation is 1. The summed E-state index contributed by atoms with van der Waals surface area (Å²) in [6.45, 7) is 1.05. The summed E-state index contributed by atoms with van der Waals surface area (Å²) >= 11 is 0. The van der Waals surface area contributed by atoms with Gasteiger partial charge in [0.2, 0.25) is 11.8 Å². The van der Waals surface area contributed by atoms with E-state index >= 15 is 0 Å². The maximum Gasteiger partial charge on any atom is 0.243 e. The standard InChI is InChI=1S/C21H22N4O2/c26-20(10-9-17-15-24-12-5-4-8-19(24)23-17)25-13-11-22-21(27)18(25)14-16-6-2-1-3-7-16/h1-8,12,15,18H,9-11,13-14H2,(H,22,27)/t18-/m0/s1. The number of hydrogen-bond acceptors (Lipinski definition) is 3. The summed E-state index contributed by atoms with van der Waals surface area (Å²) in [5, 5.41) is 2.88. The van der Waals surface area contributed by atoms with Crippen LogP contribution in [0.2, 0.25) is 0 Å². The number of hydrogen-bond donors (Lipinski definition) is 1. The SMILES string of the molecule is O=C1NCCN(C(=O)CCc2cn3ccccc3n2)[C@H]1Cc1ccccc1. The molecular formula is C21H22N4O2. The third kappa shape index (κ3) is 3.84. The van der Waals surface area contributed by atoms with Gasteiger partial charge in [-0.1, -0.05) is 36.4 Å². The first-order valence-corrected chi connectivity index (χ1v) is 9.24. The van der Waals surface area contributed by atoms with Crippen molar-refractivity contribution in [3.63, 3.8) is 0 Å². The fourth-order valence-corrected chi connectivity index (χ4v) is 3.54. The van der Waals surface area contributed by atoms with Crippen molar-refractivity contribution in [3.05, 3.63) is 72.2 Å². The number of pyridine rings is 1. The second kappa shape index (κ2) is 7.61. The fraction of sp³-hybridized carbons (Fsp3) is 0.286. The van der Waals surface area contributed by atoms with Gasteiger partial charge in [0.15, 0.2) is 0 Å². The predicted octanol–water partition coefficient (Wildman–Crippen LogP) is 1.84. The maximum absolute atomic E-state index is 12.8. The second-order valence-electron chi connectivity index (χ2n) is 6.78. The Kier molecular flexibility index (Phi) is 4.87. The molecule has 1 atom stereocenters. The van der Waals surface area contributed by atoms with Crippen molar-refractivity contribution in [2.45, 2.75) is 25.3 Å². The van der Waals surface area contributed by atoms with E-state index in [-0.39, 0.29) is 11.8 Å². The molecule has 1 aliphatic rings. The molecule has 3 aromatic rings. The second-order valence-corrected chi connectivity index (χ2v) is 6.78. The number of aromatic nitrogens is 2. The summed E-state index contributed by atoms with van der Waals surface area (Å²) in [5.74, 6) is -0.0750. The molecule has 27 heavy (non-hydrogen) atoms. The Bertz CT molecular complexity index is 918. The highest BCUT2D eigenvalue weighted by Gasteiger charge is 2.32. The largest absolute Gasteiger partial charge is 0.353 e. The van der Waals surface area contributed by atoms with Gasteiger partial charge in [0.1, 0.15) is 11.7 Å². The van der Waals surface area contributed by atoms with Crippen molar-refractivity contribution in [1.82, 2.24) is 19.6 Å². The molecule has 1 saturated heterocycles. The van der Waals surface area contributed by atoms with Crippen LogP contribution in [0.4, 0.5) is 0 Å². The van der Waals surface area contributed by atoms with Crippen LogP contribution in [0.5, 0.6) is 0 Å². The van der Waals surface area contributed by atoms with Crippen LogP contribution in [0.15, 0.2) is 60.9 Å². The van der Waals surface area contributed by atoms with Gasteiger partial charge in [-0.2, -0.15) is 0 Å². The highest BCUT2D eigenvalue weighted by molar-refractivity contribution is 5.89. The molecule has 138 valence electrons. The molecule has 2 aromatic heterocycles. The van der Waals surface area contributed by atoms with Crippen molar-refractivity contribution < 1.29 is 9.59 Å². The Morgan fingerprint density at radius 1 is 1.15 bits per heavy atom. The van der Waals surface area contributed by atoms with Gasteiger partial charge in [0.25, 0.3) is 0 Å². The quantitative estimate of drug-likeness (QED) is 0.753. The third-order valence-corrected chi connectivity index (χ3v) is 4.93. The first-order chi connectivity index (χ1) is 13.2. The molecule has 1 fully saturated rings. The third-order valence-electron chi connectivity index (χ3n) is 4.93. The summed E-state index contributed by atoms with van der Waals surface area (Å²) in [6.07, 6.45) is 5.34. The van der Waals surface area contributed by atoms with Gasteiger partial charge in [-0.05, 0) is 24.1 Å². The molecule has 1 aliphatic heterocycles. The molecule has 0 aliphatic carbocycles. The Morgan fingerprint density at radius 3 is 2.78 bits per heavy atom. The van der Waals surface area contributed by atoms with E-state index in [2.05, 4.69) is 10.3 Å². The molecule has 6 nitrogen and oxygen atoms in total. The van der Waals surface area contributed by atoms with Crippen LogP contribution in [-0.2, 0) is 22.4 Å². The van der Waals surface area contributed by atoms with Gasteiger partial charge in [0.05, 0.1) is 5.69 Å². The lowest BCUT2D eigenvalue weighted by atomic mass is 10.0. The number of benzene rings is 1. The average Bonchev–Trinajstić information content (AvgIpc) is 3.11. The normalized spacial score (nSPS) is 17.1. The Balaban J connectivity index is 1.44. The molecule has 0 unspecified atom stereocenters. The van der Waals surface area contributed by atoms with Crippen molar-refractivity contribution in [1.29, 1.82) is 0 Å². The van der Waals surface area contributed by atoms with E-state index in [1.807, 2.05) is 65.3 Å². The van der Waals surface area contributed by atoms with E-state index in [1.54, 1.807) is 4.90 Å². The molecule has 0 spiro atoms. The summed E-state index contributed by atoms with van der Waals surface area (Å²) in [4.78, 5) is 31.5. The number of nitrogens with zero attached hydrogens (tertiary/aromatic N) is 3. The van der Waals surface area contributed by atoms with Crippen molar-refractivity contribution in [2.24, 2.45) is 0 Å². The predicted molar refractivity (Wildman–Crippen MR) is 102 cm³/mol. The van der Waals surface area contributed by atoms with E-state index in [1.165, 1.54) is 0 Å². The molecule has 0 bridgehead atoms. The van der Waals surface area contributed by atoms with Gasteiger partial charge in [-0.3, -0.25) is 9.59 Å². The summed E-state index contributed by atoms with van der Waals surface area (Å²) in [7, 11) is 0. The van der Waals surface area contributed by atoms with E-state index in [0.29, 0.717) is 32.4 Å². The number of imidazole rings is 1. The molecule has 4 rings (SSSR count). The van der Waals surface area contributed by atoms with Crippen LogP contribution < -0.4 is 5.32 Å². The smallest absolute Gasteiger partial charge is 0.243 e. The van der Waals surface area contributed by atoms with E-state index < -0.39 is 6.04 Å². The molecule has 2 amide bonds. The van der Waals surface area contributed by atoms with Gasteiger partial charge in [-0.25, -0.2) is 4.98 Å². The van der Waals surface area contributed by atoms with Crippen LogP contribution >= 0.6 is 0 Å². The minimum Gasteiger partial charge on any atom is -0.353 e. The number of rotatable bonds is 5. The number of piperazine rings is 1. The lowest BCUT2D eigenvalue weighted by Gasteiger charge is -2.35. The first kappa shape index (κ1) is 17.3. The van der Waals surface area contributed by atoms with Crippen LogP contribution in [0.3, 0.4) is 0 Å². The van der Waals surface area contributed by atoms with Crippen LogP contribution in [-0.4, -0.2) is 45.2 Å². The van der Waals surface area contributed by atoms with Crippen LogP contribution in [0, 0.1) is 0 Å². The summed E-state index contributed by atoms with van der Waals surface area (Å²) in [6, 6.07) is 15.2. The number of nitrogens with one attached hydrogen (secondary N) is 1. The Morgan fingerprint density at radius 2 is 1.96 bits per heavy atom. The number of fused-ring (bicyclic) bond motifs is 1. The van der Waals surface area contributed by atoms with Gasteiger partial charge in [0, 0.05) is 38.3 Å². The highest BCUT2D eigenvalue weighted by atomic mass is 16.2. The van der Waals surface area contributed by atoms with Crippen molar-refractivity contribution in [3.8, 4) is 0 Å². The van der Waals surface area contributed by atoms with Crippen molar-refractivity contribution in [2.75, 3.05) is 13.1 Å². The zero-order valence-electron chi connectivity index (χ0n) is 15.0. The van der Waals surface area contributed by atoms with E-state index in [9.17, 15) is 9.59 Å². The molecule has 6 heteroatoms. The topological polar surface area (TPSA) is 66.7 Å². The summed E-state index contributed by atoms with van der Waals surface area (Å²) < 4.78 is 1.95. The average molecular weight is 362 g/mol. The van der Waals surface area contributed by atoms with Crippen LogP contribution in [0.1, 0.15) is 17.7 Å². The van der Waals surface area contributed by atoms with Crippen molar-refractivity contribution >= 4 is 17.5 Å². The first-order valence-electron chi connectivity index (χ1n) is 9.24.